The molecule has 2 rings (SSSR count). The summed E-state index contributed by atoms with van der Waals surface area (Å²) in [6, 6.07) is 11.5. The Morgan fingerprint density at radius 3 is 2.46 bits per heavy atom. The van der Waals surface area contributed by atoms with Crippen LogP contribution in [-0.4, -0.2) is 18.4 Å². The molecule has 8 heteroatoms. The molecule has 0 aliphatic heterocycles. The van der Waals surface area contributed by atoms with Crippen LogP contribution in [0.1, 0.15) is 18.1 Å². The molecule has 0 saturated carbocycles. The first-order valence-electron chi connectivity index (χ1n) is 7.70. The molecule has 0 aliphatic rings. The molecule has 0 unspecified atom stereocenters. The van der Waals surface area contributed by atoms with E-state index in [4.69, 9.17) is 0 Å². The molecule has 0 bridgehead atoms. The Morgan fingerprint density at radius 1 is 1.15 bits per heavy atom. The number of benzene rings is 2. The van der Waals surface area contributed by atoms with Crippen molar-refractivity contribution in [3.05, 3.63) is 58.1 Å². The highest BCUT2D eigenvalue weighted by atomic mass is 79.9. The summed E-state index contributed by atoms with van der Waals surface area (Å²) in [5, 5.41) is 5.32. The lowest BCUT2D eigenvalue weighted by molar-refractivity contribution is -0.120. The fourth-order valence-corrected chi connectivity index (χ4v) is 2.66. The summed E-state index contributed by atoms with van der Waals surface area (Å²) in [4.78, 5) is 23.1. The van der Waals surface area contributed by atoms with Crippen molar-refractivity contribution < 1.29 is 23.1 Å². The molecule has 0 aliphatic carbocycles. The third-order valence-corrected chi connectivity index (χ3v) is 3.85. The normalized spacial score (nSPS) is 10.5. The highest BCUT2D eigenvalue weighted by Crippen LogP contribution is 2.24. The molecular formula is C18H17BrF2N2O3. The summed E-state index contributed by atoms with van der Waals surface area (Å²) in [5.74, 6) is -0.422. The Labute approximate surface area is 157 Å². The van der Waals surface area contributed by atoms with Gasteiger partial charge >= 0.3 is 6.61 Å². The number of amides is 2. The van der Waals surface area contributed by atoms with E-state index in [1.54, 1.807) is 36.4 Å². The molecule has 2 N–H and O–H groups in total. The van der Waals surface area contributed by atoms with E-state index in [0.29, 0.717) is 15.7 Å². The minimum absolute atomic E-state index is 0.0168. The Balaban J connectivity index is 1.94. The molecule has 138 valence electrons. The molecular weight excluding hydrogens is 410 g/mol. The molecule has 0 aromatic heterocycles. The molecule has 0 fully saturated rings. The number of ether oxygens (including phenoxy) is 1. The minimum atomic E-state index is -2.94. The predicted molar refractivity (Wildman–Crippen MR) is 97.1 cm³/mol. The quantitative estimate of drug-likeness (QED) is 0.705. The maximum absolute atomic E-state index is 12.5. The van der Waals surface area contributed by atoms with E-state index in [9.17, 15) is 18.4 Å². The van der Waals surface area contributed by atoms with Gasteiger partial charge in [-0.05, 0) is 35.9 Å². The average molecular weight is 427 g/mol. The number of nitrogens with one attached hydrogen (secondary N) is 2. The van der Waals surface area contributed by atoms with Gasteiger partial charge < -0.3 is 15.4 Å². The second kappa shape index (κ2) is 9.28. The number of hydrogen-bond acceptors (Lipinski definition) is 3. The third-order valence-electron chi connectivity index (χ3n) is 3.35. The van der Waals surface area contributed by atoms with Crippen LogP contribution >= 0.6 is 15.9 Å². The smallest absolute Gasteiger partial charge is 0.387 e. The summed E-state index contributed by atoms with van der Waals surface area (Å²) in [6.45, 7) is -1.47. The van der Waals surface area contributed by atoms with Crippen LogP contribution < -0.4 is 15.4 Å². The SMILES string of the molecule is CC(=O)Nc1ccc(CC(=O)NCc2cc(Br)ccc2OC(F)F)cc1. The van der Waals surface area contributed by atoms with E-state index < -0.39 is 6.61 Å². The standard InChI is InChI=1S/C18H17BrF2N2O3/c1-11(24)23-15-5-2-12(3-6-15)8-17(25)22-10-13-9-14(19)4-7-16(13)26-18(20)21/h2-7,9,18H,8,10H2,1H3,(H,22,25)(H,23,24). The first kappa shape index (κ1) is 19.8. The number of rotatable bonds is 7. The summed E-state index contributed by atoms with van der Waals surface area (Å²) < 4.78 is 30.1. The number of anilines is 1. The molecule has 2 amide bonds. The molecule has 26 heavy (non-hydrogen) atoms. The lowest BCUT2D eigenvalue weighted by Crippen LogP contribution is -2.25. The minimum Gasteiger partial charge on any atom is -0.434 e. The van der Waals surface area contributed by atoms with Crippen LogP contribution in [0.15, 0.2) is 46.9 Å². The monoisotopic (exact) mass is 426 g/mol. The van der Waals surface area contributed by atoms with Gasteiger partial charge in [0, 0.05) is 29.2 Å². The summed E-state index contributed by atoms with van der Waals surface area (Å²) >= 11 is 3.26. The molecule has 2 aromatic carbocycles. The van der Waals surface area contributed by atoms with Crippen LogP contribution in [0.2, 0.25) is 0 Å². The van der Waals surface area contributed by atoms with Gasteiger partial charge in [0.1, 0.15) is 5.75 Å². The predicted octanol–water partition coefficient (Wildman–Crippen LogP) is 3.87. The Kier molecular flexibility index (Phi) is 7.08. The van der Waals surface area contributed by atoms with Gasteiger partial charge in [0.05, 0.1) is 6.42 Å². The van der Waals surface area contributed by atoms with Crippen molar-refractivity contribution in [3.8, 4) is 5.75 Å². The zero-order valence-corrected chi connectivity index (χ0v) is 15.5. The van der Waals surface area contributed by atoms with Gasteiger partial charge in [0.25, 0.3) is 0 Å². The van der Waals surface area contributed by atoms with Gasteiger partial charge in [-0.25, -0.2) is 0 Å². The average Bonchev–Trinajstić information content (AvgIpc) is 2.56. The van der Waals surface area contributed by atoms with Gasteiger partial charge in [-0.1, -0.05) is 28.1 Å². The van der Waals surface area contributed by atoms with Gasteiger partial charge in [0.15, 0.2) is 0 Å². The topological polar surface area (TPSA) is 67.4 Å². The molecule has 0 radical (unpaired) electrons. The highest BCUT2D eigenvalue weighted by Gasteiger charge is 2.11. The van der Waals surface area contributed by atoms with Crippen LogP contribution in [0, 0.1) is 0 Å². The second-order valence-corrected chi connectivity index (χ2v) is 6.38. The second-order valence-electron chi connectivity index (χ2n) is 5.46. The number of carbonyl (C=O) groups is 2. The molecule has 0 heterocycles. The first-order valence-corrected chi connectivity index (χ1v) is 8.49. The van der Waals surface area contributed by atoms with E-state index in [1.165, 1.54) is 13.0 Å². The maximum atomic E-state index is 12.5. The Bertz CT molecular complexity index is 783. The van der Waals surface area contributed by atoms with E-state index in [1.807, 2.05) is 0 Å². The van der Waals surface area contributed by atoms with Crippen LogP contribution in [0.25, 0.3) is 0 Å². The summed E-state index contributed by atoms with van der Waals surface area (Å²) in [5.41, 5.74) is 1.84. The van der Waals surface area contributed by atoms with Gasteiger partial charge in [-0.2, -0.15) is 8.78 Å². The lowest BCUT2D eigenvalue weighted by atomic mass is 10.1. The first-order chi connectivity index (χ1) is 12.3. The van der Waals surface area contributed by atoms with Crippen molar-refractivity contribution >= 4 is 33.4 Å². The van der Waals surface area contributed by atoms with Gasteiger partial charge in [-0.3, -0.25) is 9.59 Å². The molecule has 0 spiro atoms. The zero-order chi connectivity index (χ0) is 19.1. The van der Waals surface area contributed by atoms with Crippen molar-refractivity contribution in [1.29, 1.82) is 0 Å². The van der Waals surface area contributed by atoms with Crippen LogP contribution in [0.3, 0.4) is 0 Å². The Morgan fingerprint density at radius 2 is 1.85 bits per heavy atom. The van der Waals surface area contributed by atoms with Crippen molar-refractivity contribution in [3.63, 3.8) is 0 Å². The van der Waals surface area contributed by atoms with E-state index >= 15 is 0 Å². The number of alkyl halides is 2. The van der Waals surface area contributed by atoms with E-state index in [2.05, 4.69) is 31.3 Å². The number of hydrogen-bond donors (Lipinski definition) is 2. The van der Waals surface area contributed by atoms with Crippen LogP contribution in [0.5, 0.6) is 5.75 Å². The molecule has 2 aromatic rings. The van der Waals surface area contributed by atoms with E-state index in [0.717, 1.165) is 5.56 Å². The zero-order valence-electron chi connectivity index (χ0n) is 13.9. The molecule has 0 atom stereocenters. The van der Waals surface area contributed by atoms with Crippen molar-refractivity contribution in [1.82, 2.24) is 5.32 Å². The number of halogens is 3. The van der Waals surface area contributed by atoms with E-state index in [-0.39, 0.29) is 30.5 Å². The lowest BCUT2D eigenvalue weighted by Gasteiger charge is -2.12. The number of carbonyl (C=O) groups excluding carboxylic acids is 2. The van der Waals surface area contributed by atoms with Crippen molar-refractivity contribution in [2.24, 2.45) is 0 Å². The maximum Gasteiger partial charge on any atom is 0.387 e. The molecule has 5 nitrogen and oxygen atoms in total. The summed E-state index contributed by atoms with van der Waals surface area (Å²) in [6.07, 6.45) is 0.124. The van der Waals surface area contributed by atoms with Crippen LogP contribution in [0.4, 0.5) is 14.5 Å². The fraction of sp³-hybridized carbons (Fsp3) is 0.222. The van der Waals surface area contributed by atoms with Gasteiger partial charge in [0.2, 0.25) is 11.8 Å². The Hall–Kier alpha value is -2.48. The summed E-state index contributed by atoms with van der Waals surface area (Å²) in [7, 11) is 0. The van der Waals surface area contributed by atoms with Crippen molar-refractivity contribution in [2.75, 3.05) is 5.32 Å². The van der Waals surface area contributed by atoms with Crippen LogP contribution in [-0.2, 0) is 22.6 Å². The largest absolute Gasteiger partial charge is 0.434 e. The highest BCUT2D eigenvalue weighted by molar-refractivity contribution is 9.10. The molecule has 0 saturated heterocycles. The fourth-order valence-electron chi connectivity index (χ4n) is 2.25. The third kappa shape index (κ3) is 6.44. The van der Waals surface area contributed by atoms with Gasteiger partial charge in [-0.15, -0.1) is 0 Å². The van der Waals surface area contributed by atoms with Crippen molar-refractivity contribution in [2.45, 2.75) is 26.5 Å².